The van der Waals surface area contributed by atoms with E-state index in [0.717, 1.165) is 25.3 Å². The minimum absolute atomic E-state index is 0.0818. The molecule has 2 aliphatic rings. The van der Waals surface area contributed by atoms with Crippen molar-refractivity contribution in [3.63, 3.8) is 0 Å². The number of hydrogen-bond donors (Lipinski definition) is 0. The van der Waals surface area contributed by atoms with Crippen molar-refractivity contribution >= 4 is 16.8 Å². The normalized spacial score (nSPS) is 23.5. The van der Waals surface area contributed by atoms with Gasteiger partial charge in [0.05, 0.1) is 36.0 Å². The van der Waals surface area contributed by atoms with Gasteiger partial charge < -0.3 is 9.64 Å². The predicted octanol–water partition coefficient (Wildman–Crippen LogP) is 1.32. The van der Waals surface area contributed by atoms with Gasteiger partial charge in [0.1, 0.15) is 12.4 Å². The maximum absolute atomic E-state index is 13.4. The van der Waals surface area contributed by atoms with E-state index in [4.69, 9.17) is 4.74 Å². The Morgan fingerprint density at radius 2 is 2.25 bits per heavy atom. The van der Waals surface area contributed by atoms with Crippen LogP contribution in [0.1, 0.15) is 19.3 Å². The van der Waals surface area contributed by atoms with Crippen molar-refractivity contribution in [2.45, 2.75) is 38.0 Å². The van der Waals surface area contributed by atoms with Crippen LogP contribution in [0.4, 0.5) is 4.39 Å². The highest BCUT2D eigenvalue weighted by Crippen LogP contribution is 2.29. The third-order valence-corrected chi connectivity index (χ3v) is 4.89. The van der Waals surface area contributed by atoms with E-state index in [9.17, 15) is 14.0 Å². The van der Waals surface area contributed by atoms with Crippen LogP contribution in [0.25, 0.3) is 10.9 Å². The lowest BCUT2D eigenvalue weighted by Gasteiger charge is -2.37. The number of carbonyl (C=O) groups excluding carboxylic acids is 1. The van der Waals surface area contributed by atoms with Gasteiger partial charge in [0.15, 0.2) is 0 Å². The van der Waals surface area contributed by atoms with E-state index in [2.05, 4.69) is 4.98 Å². The fourth-order valence-corrected chi connectivity index (χ4v) is 3.72. The third-order valence-electron chi connectivity index (χ3n) is 4.89. The lowest BCUT2D eigenvalue weighted by molar-refractivity contribution is -0.144. The molecule has 1 aliphatic carbocycles. The van der Waals surface area contributed by atoms with Gasteiger partial charge in [-0.05, 0) is 37.5 Å². The molecule has 2 aromatic rings. The van der Waals surface area contributed by atoms with Crippen molar-refractivity contribution in [3.05, 3.63) is 40.7 Å². The van der Waals surface area contributed by atoms with Crippen molar-refractivity contribution in [2.75, 3.05) is 13.2 Å². The average molecular weight is 331 g/mol. The molecular formula is C17H18FN3O3. The molecule has 0 N–H and O–H groups in total. The molecule has 0 spiro atoms. The summed E-state index contributed by atoms with van der Waals surface area (Å²) in [4.78, 5) is 31.1. The van der Waals surface area contributed by atoms with Gasteiger partial charge in [0.2, 0.25) is 5.91 Å². The van der Waals surface area contributed by atoms with Gasteiger partial charge in [-0.3, -0.25) is 14.2 Å². The first-order valence-corrected chi connectivity index (χ1v) is 8.19. The van der Waals surface area contributed by atoms with E-state index in [1.807, 2.05) is 4.90 Å². The van der Waals surface area contributed by atoms with Crippen LogP contribution in [0.2, 0.25) is 0 Å². The van der Waals surface area contributed by atoms with Gasteiger partial charge in [-0.1, -0.05) is 0 Å². The van der Waals surface area contributed by atoms with Crippen LogP contribution < -0.4 is 5.56 Å². The molecule has 1 aliphatic heterocycles. The number of aromatic nitrogens is 2. The van der Waals surface area contributed by atoms with Crippen molar-refractivity contribution in [3.8, 4) is 0 Å². The molecule has 0 bridgehead atoms. The Morgan fingerprint density at radius 1 is 1.38 bits per heavy atom. The number of hydrogen-bond acceptors (Lipinski definition) is 4. The molecule has 2 heterocycles. The van der Waals surface area contributed by atoms with Crippen LogP contribution in [0.5, 0.6) is 0 Å². The molecule has 0 unspecified atom stereocenters. The predicted molar refractivity (Wildman–Crippen MR) is 85.1 cm³/mol. The quantitative estimate of drug-likeness (QED) is 0.832. The minimum Gasteiger partial charge on any atom is -0.374 e. The number of morpholine rings is 1. The molecule has 1 saturated heterocycles. The first kappa shape index (κ1) is 15.3. The highest BCUT2D eigenvalue weighted by molar-refractivity contribution is 5.79. The molecule has 0 radical (unpaired) electrons. The summed E-state index contributed by atoms with van der Waals surface area (Å²) in [6.07, 6.45) is 4.43. The summed E-state index contributed by atoms with van der Waals surface area (Å²) in [5, 5.41) is 0.186. The minimum atomic E-state index is -0.493. The van der Waals surface area contributed by atoms with E-state index in [1.54, 1.807) is 0 Å². The van der Waals surface area contributed by atoms with Gasteiger partial charge in [0.25, 0.3) is 5.56 Å². The van der Waals surface area contributed by atoms with E-state index in [0.29, 0.717) is 18.7 Å². The van der Waals surface area contributed by atoms with Crippen LogP contribution in [-0.2, 0) is 16.1 Å². The zero-order chi connectivity index (χ0) is 16.7. The Bertz CT molecular complexity index is 851. The number of benzene rings is 1. The van der Waals surface area contributed by atoms with Gasteiger partial charge in [-0.25, -0.2) is 9.37 Å². The number of nitrogens with zero attached hydrogens (tertiary/aromatic N) is 3. The van der Waals surface area contributed by atoms with E-state index in [-0.39, 0.29) is 30.0 Å². The zero-order valence-corrected chi connectivity index (χ0v) is 13.2. The topological polar surface area (TPSA) is 64.4 Å². The van der Waals surface area contributed by atoms with Crippen molar-refractivity contribution in [2.24, 2.45) is 0 Å². The van der Waals surface area contributed by atoms with E-state index in [1.165, 1.54) is 23.0 Å². The molecule has 2 atom stereocenters. The Labute approximate surface area is 137 Å². The number of halogens is 1. The Balaban J connectivity index is 1.60. The standard InChI is InChI=1S/C17H18FN3O3/c18-11-4-5-13-12(8-11)17(23)20(10-19-13)9-16(22)21-6-7-24-15-3-1-2-14(15)21/h4-5,8,10,14-15H,1-3,6-7,9H2/t14-,15-/m1/s1. The molecule has 1 amide bonds. The van der Waals surface area contributed by atoms with Crippen LogP contribution in [-0.4, -0.2) is 45.7 Å². The first-order chi connectivity index (χ1) is 11.6. The lowest BCUT2D eigenvalue weighted by Crippen LogP contribution is -2.52. The van der Waals surface area contributed by atoms with E-state index >= 15 is 0 Å². The summed E-state index contributed by atoms with van der Waals surface area (Å²) in [6.45, 7) is 0.995. The molecule has 1 aromatic carbocycles. The molecule has 126 valence electrons. The highest BCUT2D eigenvalue weighted by Gasteiger charge is 2.38. The highest BCUT2D eigenvalue weighted by atomic mass is 19.1. The molecule has 7 heteroatoms. The summed E-state index contributed by atoms with van der Waals surface area (Å²) in [7, 11) is 0. The fourth-order valence-electron chi connectivity index (χ4n) is 3.72. The van der Waals surface area contributed by atoms with Crippen LogP contribution in [0.15, 0.2) is 29.3 Å². The van der Waals surface area contributed by atoms with Gasteiger partial charge in [0, 0.05) is 6.54 Å². The number of amides is 1. The van der Waals surface area contributed by atoms with Crippen LogP contribution in [0.3, 0.4) is 0 Å². The fraction of sp³-hybridized carbons (Fsp3) is 0.471. The van der Waals surface area contributed by atoms with Gasteiger partial charge in [-0.2, -0.15) is 0 Å². The maximum Gasteiger partial charge on any atom is 0.261 e. The van der Waals surface area contributed by atoms with Crippen LogP contribution in [0, 0.1) is 5.82 Å². The summed E-state index contributed by atoms with van der Waals surface area (Å²) >= 11 is 0. The summed E-state index contributed by atoms with van der Waals surface area (Å²) in [5.41, 5.74) is 0.0245. The van der Waals surface area contributed by atoms with Crippen molar-refractivity contribution in [1.82, 2.24) is 14.5 Å². The number of carbonyl (C=O) groups is 1. The first-order valence-electron chi connectivity index (χ1n) is 8.19. The Hall–Kier alpha value is -2.28. The summed E-state index contributed by atoms with van der Waals surface area (Å²) < 4.78 is 20.3. The Morgan fingerprint density at radius 3 is 3.12 bits per heavy atom. The number of rotatable bonds is 2. The second-order valence-corrected chi connectivity index (χ2v) is 6.33. The molecule has 4 rings (SSSR count). The van der Waals surface area contributed by atoms with Crippen LogP contribution >= 0.6 is 0 Å². The molecule has 1 saturated carbocycles. The molecular weight excluding hydrogens is 313 g/mol. The van der Waals surface area contributed by atoms with Gasteiger partial charge in [-0.15, -0.1) is 0 Å². The average Bonchev–Trinajstić information content (AvgIpc) is 3.06. The summed E-state index contributed by atoms with van der Waals surface area (Å²) in [5.74, 6) is -0.609. The second kappa shape index (κ2) is 5.98. The van der Waals surface area contributed by atoms with Gasteiger partial charge >= 0.3 is 0 Å². The number of ether oxygens (including phenoxy) is 1. The number of fused-ring (bicyclic) bond motifs is 2. The zero-order valence-electron chi connectivity index (χ0n) is 13.2. The van der Waals surface area contributed by atoms with Crippen molar-refractivity contribution < 1.29 is 13.9 Å². The SMILES string of the molecule is O=C(Cn1cnc2ccc(F)cc2c1=O)N1CCO[C@@H]2CCC[C@H]21. The van der Waals surface area contributed by atoms with E-state index < -0.39 is 11.4 Å². The molecule has 24 heavy (non-hydrogen) atoms. The summed E-state index contributed by atoms with van der Waals surface area (Å²) in [6, 6.07) is 3.99. The second-order valence-electron chi connectivity index (χ2n) is 6.33. The monoisotopic (exact) mass is 331 g/mol. The van der Waals surface area contributed by atoms with Crippen molar-refractivity contribution in [1.29, 1.82) is 0 Å². The molecule has 1 aromatic heterocycles. The molecule has 6 nitrogen and oxygen atoms in total. The third kappa shape index (κ3) is 2.58. The smallest absolute Gasteiger partial charge is 0.261 e. The largest absolute Gasteiger partial charge is 0.374 e. The molecule has 2 fully saturated rings. The lowest BCUT2D eigenvalue weighted by atomic mass is 10.1. The Kier molecular flexibility index (Phi) is 3.80. The maximum atomic E-state index is 13.4.